The number of hydrogen-bond acceptors (Lipinski definition) is 3. The molecule has 5 aromatic heterocycles. The van der Waals surface area contributed by atoms with Gasteiger partial charge in [-0.05, 0) is 36.4 Å². The van der Waals surface area contributed by atoms with E-state index < -0.39 is 0 Å². The molecule has 5 heterocycles. The maximum Gasteiger partial charge on any atom is 0.164 e. The van der Waals surface area contributed by atoms with Crippen LogP contribution in [0.25, 0.3) is 71.9 Å². The zero-order valence-electron chi connectivity index (χ0n) is 21.9. The number of aromatic nitrogens is 6. The molecule has 4 aromatic carbocycles. The predicted octanol–water partition coefficient (Wildman–Crippen LogP) is 8.01. The Morgan fingerprint density at radius 3 is 2.02 bits per heavy atom. The lowest BCUT2D eigenvalue weighted by Crippen LogP contribution is -2.11. The lowest BCUT2D eigenvalue weighted by molar-refractivity contribution is 0.634. The molecule has 0 fully saturated rings. The third-order valence-corrected chi connectivity index (χ3v) is 7.93. The van der Waals surface area contributed by atoms with Gasteiger partial charge in [-0.3, -0.25) is 4.57 Å². The van der Waals surface area contributed by atoms with Crippen molar-refractivity contribution in [3.8, 4) is 17.1 Å². The second-order valence-corrected chi connectivity index (χ2v) is 10.3. The molecule has 0 aliphatic heterocycles. The van der Waals surface area contributed by atoms with E-state index in [-0.39, 0.29) is 0 Å². The lowest BCUT2D eigenvalue weighted by atomic mass is 10.1. The zero-order chi connectivity index (χ0) is 26.9. The number of benzene rings is 4. The van der Waals surface area contributed by atoms with Gasteiger partial charge >= 0.3 is 0 Å². The Morgan fingerprint density at radius 2 is 1.17 bits per heavy atom. The number of para-hydroxylation sites is 3. The molecular weight excluding hydrogens is 504 g/mol. The Morgan fingerprint density at radius 1 is 0.488 bits per heavy atom. The van der Waals surface area contributed by atoms with Gasteiger partial charge in [0, 0.05) is 32.5 Å². The zero-order valence-corrected chi connectivity index (χ0v) is 21.9. The van der Waals surface area contributed by atoms with Crippen molar-refractivity contribution in [3.05, 3.63) is 134 Å². The molecule has 0 amide bonds. The maximum absolute atomic E-state index is 5.42. The van der Waals surface area contributed by atoms with Crippen LogP contribution in [0.1, 0.15) is 0 Å². The predicted molar refractivity (Wildman–Crippen MR) is 165 cm³/mol. The van der Waals surface area contributed by atoms with E-state index in [9.17, 15) is 0 Å². The van der Waals surface area contributed by atoms with Gasteiger partial charge in [-0.1, -0.05) is 91.0 Å². The molecule has 0 atom stereocenters. The minimum atomic E-state index is 0.830. The molecule has 0 radical (unpaired) electrons. The number of nitrogens with zero attached hydrogens (tertiary/aromatic N) is 6. The first-order valence-corrected chi connectivity index (χ1v) is 13.6. The van der Waals surface area contributed by atoms with Gasteiger partial charge < -0.3 is 0 Å². The minimum absolute atomic E-state index is 0.830. The smallest absolute Gasteiger partial charge is 0.164 e. The summed E-state index contributed by atoms with van der Waals surface area (Å²) in [5, 5.41) is 10.3. The Bertz CT molecular complexity index is 2430. The standard InChI is InChI=1S/C35H22N6/c1-2-11-23(12-3-1)29-16-10-20-33(37-29)39-31-18-8-5-14-25(31)27-21-28-26-15-6-9-19-32(26)40(35(28)38-34(27)39)41-30-17-7-4-13-24(30)22-36-41/h1-22H. The first kappa shape index (κ1) is 22.1. The quantitative estimate of drug-likeness (QED) is 0.234. The van der Waals surface area contributed by atoms with Crippen LogP contribution in [-0.2, 0) is 0 Å². The fraction of sp³-hybridized carbons (Fsp3) is 0. The molecule has 0 aliphatic rings. The van der Waals surface area contributed by atoms with Gasteiger partial charge in [-0.15, -0.1) is 0 Å². The van der Waals surface area contributed by atoms with Gasteiger partial charge in [0.15, 0.2) is 5.65 Å². The van der Waals surface area contributed by atoms with Crippen LogP contribution in [0.5, 0.6) is 0 Å². The van der Waals surface area contributed by atoms with Crippen LogP contribution in [0.15, 0.2) is 134 Å². The summed E-state index contributed by atoms with van der Waals surface area (Å²) in [7, 11) is 0. The molecule has 0 saturated carbocycles. The third kappa shape index (κ3) is 3.16. The molecule has 6 heteroatoms. The van der Waals surface area contributed by atoms with E-state index in [0.717, 1.165) is 71.9 Å². The molecule has 9 rings (SSSR count). The third-order valence-electron chi connectivity index (χ3n) is 7.93. The van der Waals surface area contributed by atoms with E-state index in [4.69, 9.17) is 15.1 Å². The molecule has 6 nitrogen and oxygen atoms in total. The van der Waals surface area contributed by atoms with Crippen LogP contribution in [-0.4, -0.2) is 29.1 Å². The highest BCUT2D eigenvalue weighted by molar-refractivity contribution is 6.16. The Labute approximate surface area is 234 Å². The molecule has 9 aromatic rings. The summed E-state index contributed by atoms with van der Waals surface area (Å²) < 4.78 is 4.31. The summed E-state index contributed by atoms with van der Waals surface area (Å²) in [6.07, 6.45) is 1.91. The topological polar surface area (TPSA) is 53.5 Å². The van der Waals surface area contributed by atoms with Gasteiger partial charge in [0.1, 0.15) is 11.5 Å². The van der Waals surface area contributed by atoms with Crippen molar-refractivity contribution in [3.63, 3.8) is 0 Å². The lowest BCUT2D eigenvalue weighted by Gasteiger charge is -2.10. The average Bonchev–Trinajstić information content (AvgIpc) is 3.70. The SMILES string of the molecule is c1ccc(-c2cccc(-n3c4ccccc4c4cc5c6ccccc6n(-n6ncc7ccccc76)c5nc43)n2)cc1. The van der Waals surface area contributed by atoms with Crippen molar-refractivity contribution >= 4 is 54.8 Å². The van der Waals surface area contributed by atoms with Crippen LogP contribution < -0.4 is 0 Å². The number of hydrogen-bond donors (Lipinski definition) is 0. The largest absolute Gasteiger partial charge is 0.278 e. The minimum Gasteiger partial charge on any atom is -0.278 e. The average molecular weight is 527 g/mol. The first-order valence-electron chi connectivity index (χ1n) is 13.6. The van der Waals surface area contributed by atoms with Crippen molar-refractivity contribution in [1.29, 1.82) is 0 Å². The van der Waals surface area contributed by atoms with E-state index >= 15 is 0 Å². The van der Waals surface area contributed by atoms with Crippen LogP contribution in [0.3, 0.4) is 0 Å². The second-order valence-electron chi connectivity index (χ2n) is 10.3. The van der Waals surface area contributed by atoms with Gasteiger partial charge in [0.25, 0.3) is 0 Å². The molecule has 0 spiro atoms. The summed E-state index contributed by atoms with van der Waals surface area (Å²) in [5.41, 5.74) is 6.85. The Balaban J connectivity index is 1.41. The number of pyridine rings is 2. The van der Waals surface area contributed by atoms with Crippen LogP contribution >= 0.6 is 0 Å². The Hall–Kier alpha value is -5.75. The molecule has 0 N–H and O–H groups in total. The first-order chi connectivity index (χ1) is 20.3. The normalized spacial score (nSPS) is 11.9. The van der Waals surface area contributed by atoms with Crippen molar-refractivity contribution in [2.24, 2.45) is 0 Å². The van der Waals surface area contributed by atoms with E-state index in [1.807, 2.05) is 41.3 Å². The molecular formula is C35H22N6. The van der Waals surface area contributed by atoms with Gasteiger partial charge in [-0.25, -0.2) is 14.6 Å². The highest BCUT2D eigenvalue weighted by atomic mass is 15.6. The number of rotatable bonds is 3. The number of fused-ring (bicyclic) bond motifs is 7. The van der Waals surface area contributed by atoms with E-state index in [0.29, 0.717) is 0 Å². The van der Waals surface area contributed by atoms with Gasteiger partial charge in [0.05, 0.1) is 28.4 Å². The van der Waals surface area contributed by atoms with E-state index in [2.05, 4.69) is 106 Å². The fourth-order valence-corrected chi connectivity index (χ4v) is 6.09. The van der Waals surface area contributed by atoms with Crippen molar-refractivity contribution in [2.45, 2.75) is 0 Å². The second kappa shape index (κ2) is 8.37. The van der Waals surface area contributed by atoms with Crippen molar-refractivity contribution in [1.82, 2.24) is 29.1 Å². The molecule has 0 aliphatic carbocycles. The van der Waals surface area contributed by atoms with Crippen LogP contribution in [0, 0.1) is 0 Å². The van der Waals surface area contributed by atoms with E-state index in [1.165, 1.54) is 0 Å². The molecule has 192 valence electrons. The molecule has 41 heavy (non-hydrogen) atoms. The van der Waals surface area contributed by atoms with Gasteiger partial charge in [-0.2, -0.15) is 9.89 Å². The van der Waals surface area contributed by atoms with Crippen molar-refractivity contribution in [2.75, 3.05) is 0 Å². The molecule has 0 bridgehead atoms. The van der Waals surface area contributed by atoms with E-state index in [1.54, 1.807) is 0 Å². The fourth-order valence-electron chi connectivity index (χ4n) is 6.09. The summed E-state index contributed by atoms with van der Waals surface area (Å²) in [5.74, 6) is 0.830. The Kier molecular flexibility index (Phi) is 4.51. The van der Waals surface area contributed by atoms with Crippen molar-refractivity contribution < 1.29 is 0 Å². The van der Waals surface area contributed by atoms with Crippen LogP contribution in [0.2, 0.25) is 0 Å². The van der Waals surface area contributed by atoms with Gasteiger partial charge in [0.2, 0.25) is 0 Å². The summed E-state index contributed by atoms with van der Waals surface area (Å²) in [6.45, 7) is 0. The highest BCUT2D eigenvalue weighted by Gasteiger charge is 2.21. The summed E-state index contributed by atoms with van der Waals surface area (Å²) in [4.78, 5) is 12.5. The summed E-state index contributed by atoms with van der Waals surface area (Å²) in [6, 6.07) is 43.9. The summed E-state index contributed by atoms with van der Waals surface area (Å²) >= 11 is 0. The monoisotopic (exact) mass is 526 g/mol. The highest BCUT2D eigenvalue weighted by Crippen LogP contribution is 2.37. The molecule has 0 saturated heterocycles. The molecule has 0 unspecified atom stereocenters. The maximum atomic E-state index is 5.42. The van der Waals surface area contributed by atoms with Crippen LogP contribution in [0.4, 0.5) is 0 Å².